The summed E-state index contributed by atoms with van der Waals surface area (Å²) in [6.45, 7) is 0.985. The molecule has 0 radical (unpaired) electrons. The van der Waals surface area contributed by atoms with E-state index in [1.54, 1.807) is 24.3 Å². The molecule has 3 heterocycles. The SMILES string of the molecule is Nc1c(C(=O)Nc2ccc3c(c2)OCCO3)sc2nc3c(cc12)C(=O)CCC3. The number of pyridine rings is 1. The smallest absolute Gasteiger partial charge is 0.267 e. The number of rotatable bonds is 2. The fraction of sp³-hybridized carbons (Fsp3) is 0.250. The highest BCUT2D eigenvalue weighted by Crippen LogP contribution is 2.37. The molecule has 0 atom stereocenters. The van der Waals surface area contributed by atoms with Gasteiger partial charge in [-0.2, -0.15) is 0 Å². The molecule has 3 aromatic rings. The number of hydrogen-bond acceptors (Lipinski definition) is 7. The van der Waals surface area contributed by atoms with Crippen molar-refractivity contribution >= 4 is 44.6 Å². The molecule has 1 aliphatic heterocycles. The topological polar surface area (TPSA) is 104 Å². The maximum Gasteiger partial charge on any atom is 0.267 e. The molecule has 2 aliphatic rings. The molecule has 0 fully saturated rings. The summed E-state index contributed by atoms with van der Waals surface area (Å²) < 4.78 is 11.0. The van der Waals surface area contributed by atoms with Gasteiger partial charge in [-0.1, -0.05) is 0 Å². The highest BCUT2D eigenvalue weighted by Gasteiger charge is 2.24. The van der Waals surface area contributed by atoms with Crippen LogP contribution in [0.1, 0.15) is 38.6 Å². The summed E-state index contributed by atoms with van der Waals surface area (Å²) in [5.41, 5.74) is 8.60. The number of nitrogens with zero attached hydrogens (tertiary/aromatic N) is 1. The van der Waals surface area contributed by atoms with Crippen LogP contribution in [0, 0.1) is 0 Å². The standard InChI is InChI=1S/C20H17N3O4S/c21-17-12-9-11-13(2-1-3-14(11)24)23-20(12)28-18(17)19(25)22-10-4-5-15-16(8-10)27-7-6-26-15/h4-5,8-9H,1-3,6-7,21H2,(H,22,25). The number of hydrogen-bond donors (Lipinski definition) is 2. The Hall–Kier alpha value is -3.13. The second-order valence-electron chi connectivity index (χ2n) is 6.77. The van der Waals surface area contributed by atoms with Gasteiger partial charge in [-0.05, 0) is 31.0 Å². The number of aryl methyl sites for hydroxylation is 1. The predicted octanol–water partition coefficient (Wildman–Crippen LogP) is 3.42. The Morgan fingerprint density at radius 2 is 1.96 bits per heavy atom. The third-order valence-electron chi connectivity index (χ3n) is 4.92. The predicted molar refractivity (Wildman–Crippen MR) is 107 cm³/mol. The minimum absolute atomic E-state index is 0.0866. The van der Waals surface area contributed by atoms with Crippen molar-refractivity contribution in [2.75, 3.05) is 24.3 Å². The average Bonchev–Trinajstić information content (AvgIpc) is 3.03. The zero-order valence-corrected chi connectivity index (χ0v) is 15.7. The molecule has 0 bridgehead atoms. The number of thiophene rings is 1. The van der Waals surface area contributed by atoms with Crippen molar-refractivity contribution in [3.8, 4) is 11.5 Å². The fourth-order valence-electron chi connectivity index (χ4n) is 3.54. The van der Waals surface area contributed by atoms with Crippen molar-refractivity contribution < 1.29 is 19.1 Å². The third-order valence-corrected chi connectivity index (χ3v) is 6.04. The molecular formula is C20H17N3O4S. The Bertz CT molecular complexity index is 1140. The Balaban J connectivity index is 1.48. The number of nitrogens with two attached hydrogens (primary N) is 1. The first-order valence-corrected chi connectivity index (χ1v) is 9.88. The van der Waals surface area contributed by atoms with Crippen LogP contribution in [0.25, 0.3) is 10.2 Å². The molecule has 1 aliphatic carbocycles. The molecule has 0 unspecified atom stereocenters. The van der Waals surface area contributed by atoms with E-state index in [-0.39, 0.29) is 11.7 Å². The molecule has 0 spiro atoms. The van der Waals surface area contributed by atoms with Crippen molar-refractivity contribution in [2.45, 2.75) is 19.3 Å². The molecule has 2 aromatic heterocycles. The number of anilines is 2. The average molecular weight is 395 g/mol. The summed E-state index contributed by atoms with van der Waals surface area (Å²) in [5.74, 6) is 1.02. The quantitative estimate of drug-likeness (QED) is 0.689. The molecule has 7 nitrogen and oxygen atoms in total. The lowest BCUT2D eigenvalue weighted by Gasteiger charge is -2.18. The van der Waals surface area contributed by atoms with Crippen molar-refractivity contribution in [3.05, 3.63) is 40.4 Å². The van der Waals surface area contributed by atoms with Gasteiger partial charge in [0.2, 0.25) is 0 Å². The number of carbonyl (C=O) groups excluding carboxylic acids is 2. The first-order valence-electron chi connectivity index (χ1n) is 9.06. The zero-order valence-electron chi connectivity index (χ0n) is 14.9. The number of amides is 1. The van der Waals surface area contributed by atoms with Crippen LogP contribution in [0.15, 0.2) is 24.3 Å². The Kier molecular flexibility index (Phi) is 3.94. The third kappa shape index (κ3) is 2.77. The van der Waals surface area contributed by atoms with Gasteiger partial charge >= 0.3 is 0 Å². The summed E-state index contributed by atoms with van der Waals surface area (Å²) >= 11 is 1.24. The van der Waals surface area contributed by atoms with E-state index in [1.807, 2.05) is 0 Å². The van der Waals surface area contributed by atoms with Gasteiger partial charge in [0.25, 0.3) is 5.91 Å². The summed E-state index contributed by atoms with van der Waals surface area (Å²) in [6, 6.07) is 7.03. The number of carbonyl (C=O) groups is 2. The molecule has 1 amide bonds. The number of ketones is 1. The highest BCUT2D eigenvalue weighted by atomic mass is 32.1. The van der Waals surface area contributed by atoms with Crippen LogP contribution < -0.4 is 20.5 Å². The van der Waals surface area contributed by atoms with Gasteiger partial charge in [0, 0.05) is 29.1 Å². The van der Waals surface area contributed by atoms with Crippen LogP contribution in [0.3, 0.4) is 0 Å². The molecule has 8 heteroatoms. The number of ether oxygens (including phenoxy) is 2. The van der Waals surface area contributed by atoms with Crippen LogP contribution in [0.4, 0.5) is 11.4 Å². The first kappa shape index (κ1) is 17.0. The summed E-state index contributed by atoms with van der Waals surface area (Å²) in [5, 5.41) is 3.51. The Morgan fingerprint density at radius 1 is 1.14 bits per heavy atom. The lowest BCUT2D eigenvalue weighted by atomic mass is 9.94. The van der Waals surface area contributed by atoms with Crippen LogP contribution in [-0.2, 0) is 6.42 Å². The lowest BCUT2D eigenvalue weighted by Crippen LogP contribution is -2.16. The molecule has 3 N–H and O–H groups in total. The first-order chi connectivity index (χ1) is 13.6. The van der Waals surface area contributed by atoms with E-state index >= 15 is 0 Å². The normalized spacial score (nSPS) is 15.4. The minimum Gasteiger partial charge on any atom is -0.486 e. The summed E-state index contributed by atoms with van der Waals surface area (Å²) in [6.07, 6.45) is 2.11. The highest BCUT2D eigenvalue weighted by molar-refractivity contribution is 7.21. The zero-order chi connectivity index (χ0) is 19.3. The molecule has 0 saturated carbocycles. The molecular weight excluding hydrogens is 378 g/mol. The second-order valence-corrected chi connectivity index (χ2v) is 7.77. The van der Waals surface area contributed by atoms with Gasteiger partial charge in [-0.3, -0.25) is 9.59 Å². The molecule has 0 saturated heterocycles. The van der Waals surface area contributed by atoms with Gasteiger partial charge in [0.1, 0.15) is 22.9 Å². The van der Waals surface area contributed by atoms with Gasteiger partial charge in [0.05, 0.1) is 11.4 Å². The van der Waals surface area contributed by atoms with Crippen molar-refractivity contribution in [2.24, 2.45) is 0 Å². The maximum atomic E-state index is 12.8. The molecule has 5 rings (SSSR count). The van der Waals surface area contributed by atoms with Crippen molar-refractivity contribution in [1.82, 2.24) is 4.98 Å². The number of aromatic nitrogens is 1. The number of Topliss-reactive ketones (excluding diaryl/α,β-unsaturated/α-hetero) is 1. The summed E-state index contributed by atoms with van der Waals surface area (Å²) in [4.78, 5) is 30.6. The van der Waals surface area contributed by atoms with Crippen molar-refractivity contribution in [1.29, 1.82) is 0 Å². The second kappa shape index (κ2) is 6.49. The number of benzene rings is 1. The number of fused-ring (bicyclic) bond motifs is 3. The van der Waals surface area contributed by atoms with Crippen LogP contribution in [0.5, 0.6) is 11.5 Å². The van der Waals surface area contributed by atoms with Gasteiger partial charge < -0.3 is 20.5 Å². The Morgan fingerprint density at radius 3 is 2.82 bits per heavy atom. The van der Waals surface area contributed by atoms with E-state index in [0.29, 0.717) is 63.2 Å². The van der Waals surface area contributed by atoms with Crippen LogP contribution in [-0.4, -0.2) is 29.9 Å². The van der Waals surface area contributed by atoms with E-state index in [2.05, 4.69) is 10.3 Å². The lowest BCUT2D eigenvalue weighted by molar-refractivity contribution is 0.0970. The van der Waals surface area contributed by atoms with Gasteiger partial charge in [0.15, 0.2) is 17.3 Å². The maximum absolute atomic E-state index is 12.8. The van der Waals surface area contributed by atoms with E-state index < -0.39 is 0 Å². The van der Waals surface area contributed by atoms with E-state index in [0.717, 1.165) is 18.5 Å². The van der Waals surface area contributed by atoms with Crippen molar-refractivity contribution in [3.63, 3.8) is 0 Å². The number of nitrogen functional groups attached to an aromatic ring is 1. The van der Waals surface area contributed by atoms with Gasteiger partial charge in [-0.25, -0.2) is 4.98 Å². The fourth-order valence-corrected chi connectivity index (χ4v) is 4.53. The van der Waals surface area contributed by atoms with Gasteiger partial charge in [-0.15, -0.1) is 11.3 Å². The van der Waals surface area contributed by atoms with Crippen LogP contribution in [0.2, 0.25) is 0 Å². The van der Waals surface area contributed by atoms with E-state index in [4.69, 9.17) is 15.2 Å². The Labute approximate surface area is 164 Å². The van der Waals surface area contributed by atoms with E-state index in [9.17, 15) is 9.59 Å². The molecule has 1 aromatic carbocycles. The summed E-state index contributed by atoms with van der Waals surface area (Å²) in [7, 11) is 0. The number of nitrogens with one attached hydrogen (secondary N) is 1. The van der Waals surface area contributed by atoms with E-state index in [1.165, 1.54) is 11.3 Å². The monoisotopic (exact) mass is 395 g/mol. The molecule has 142 valence electrons. The largest absolute Gasteiger partial charge is 0.486 e. The van der Waals surface area contributed by atoms with Crippen LogP contribution >= 0.6 is 11.3 Å². The molecule has 28 heavy (non-hydrogen) atoms. The minimum atomic E-state index is -0.318.